The van der Waals surface area contributed by atoms with E-state index in [0.29, 0.717) is 12.0 Å². The summed E-state index contributed by atoms with van der Waals surface area (Å²) in [6.45, 7) is 2.71. The van der Waals surface area contributed by atoms with Gasteiger partial charge >= 0.3 is 6.01 Å². The zero-order valence-electron chi connectivity index (χ0n) is 9.24. The lowest BCUT2D eigenvalue weighted by Crippen LogP contribution is -2.14. The second kappa shape index (κ2) is 5.30. The lowest BCUT2D eigenvalue weighted by Gasteiger charge is -2.11. The SMILES string of the molecule is CCNc1nc(Cl)nc(OC2CCCC2)n1. The fourth-order valence-corrected chi connectivity index (χ4v) is 1.93. The molecule has 0 saturated heterocycles. The van der Waals surface area contributed by atoms with Gasteiger partial charge in [0.2, 0.25) is 11.2 Å². The summed E-state index contributed by atoms with van der Waals surface area (Å²) in [6.07, 6.45) is 4.79. The third kappa shape index (κ3) is 2.95. The molecule has 88 valence electrons. The second-order valence-electron chi connectivity index (χ2n) is 3.77. The quantitative estimate of drug-likeness (QED) is 0.878. The van der Waals surface area contributed by atoms with E-state index < -0.39 is 0 Å². The molecule has 1 aromatic rings. The van der Waals surface area contributed by atoms with Gasteiger partial charge in [0.25, 0.3) is 0 Å². The molecule has 0 aliphatic heterocycles. The van der Waals surface area contributed by atoms with Crippen molar-refractivity contribution < 1.29 is 4.74 Å². The van der Waals surface area contributed by atoms with E-state index in [0.717, 1.165) is 19.4 Å². The standard InChI is InChI=1S/C10H15ClN4O/c1-2-12-9-13-8(11)14-10(15-9)16-7-5-3-4-6-7/h7H,2-6H2,1H3,(H,12,13,14,15). The average molecular weight is 243 g/mol. The number of anilines is 1. The van der Waals surface area contributed by atoms with Crippen molar-refractivity contribution in [2.45, 2.75) is 38.7 Å². The first kappa shape index (κ1) is 11.4. The summed E-state index contributed by atoms with van der Waals surface area (Å²) in [5.41, 5.74) is 0. The van der Waals surface area contributed by atoms with Crippen LogP contribution in [0.3, 0.4) is 0 Å². The van der Waals surface area contributed by atoms with Crippen molar-refractivity contribution >= 4 is 17.5 Å². The van der Waals surface area contributed by atoms with Crippen LogP contribution in [0.1, 0.15) is 32.6 Å². The number of aromatic nitrogens is 3. The molecule has 2 rings (SSSR count). The Balaban J connectivity index is 2.06. The molecule has 0 atom stereocenters. The molecule has 0 amide bonds. The zero-order chi connectivity index (χ0) is 11.4. The van der Waals surface area contributed by atoms with Gasteiger partial charge in [-0.25, -0.2) is 0 Å². The van der Waals surface area contributed by atoms with Gasteiger partial charge in [-0.15, -0.1) is 0 Å². The Morgan fingerprint density at radius 2 is 2.06 bits per heavy atom. The first-order valence-electron chi connectivity index (χ1n) is 5.60. The van der Waals surface area contributed by atoms with E-state index >= 15 is 0 Å². The number of nitrogens with one attached hydrogen (secondary N) is 1. The summed E-state index contributed by atoms with van der Waals surface area (Å²) in [6, 6.07) is 0.322. The lowest BCUT2D eigenvalue weighted by atomic mass is 10.3. The summed E-state index contributed by atoms with van der Waals surface area (Å²) < 4.78 is 5.66. The van der Waals surface area contributed by atoms with E-state index in [1.807, 2.05) is 6.92 Å². The highest BCUT2D eigenvalue weighted by molar-refractivity contribution is 6.28. The topological polar surface area (TPSA) is 59.9 Å². The van der Waals surface area contributed by atoms with Gasteiger partial charge in [-0.05, 0) is 44.2 Å². The van der Waals surface area contributed by atoms with Gasteiger partial charge in [-0.3, -0.25) is 0 Å². The number of ether oxygens (including phenoxy) is 1. The van der Waals surface area contributed by atoms with Crippen LogP contribution >= 0.6 is 11.6 Å². The number of rotatable bonds is 4. The molecule has 0 spiro atoms. The predicted molar refractivity (Wildman–Crippen MR) is 61.9 cm³/mol. The maximum atomic E-state index is 5.79. The lowest BCUT2D eigenvalue weighted by molar-refractivity contribution is 0.192. The molecule has 6 heteroatoms. The summed E-state index contributed by atoms with van der Waals surface area (Å²) in [5.74, 6) is 0.468. The van der Waals surface area contributed by atoms with Gasteiger partial charge in [0.15, 0.2) is 0 Å². The van der Waals surface area contributed by atoms with Crippen LogP contribution in [0.15, 0.2) is 0 Å². The van der Waals surface area contributed by atoms with Gasteiger partial charge in [0, 0.05) is 6.54 Å². The van der Waals surface area contributed by atoms with Crippen LogP contribution in [0.2, 0.25) is 5.28 Å². The molecule has 1 aliphatic carbocycles. The highest BCUT2D eigenvalue weighted by Gasteiger charge is 2.18. The molecule has 0 aromatic carbocycles. The minimum absolute atomic E-state index is 0.166. The first-order valence-corrected chi connectivity index (χ1v) is 5.98. The van der Waals surface area contributed by atoms with Crippen molar-refractivity contribution in [3.63, 3.8) is 0 Å². The van der Waals surface area contributed by atoms with Crippen LogP contribution in [-0.2, 0) is 0 Å². The van der Waals surface area contributed by atoms with Crippen LogP contribution in [0.4, 0.5) is 5.95 Å². The van der Waals surface area contributed by atoms with Gasteiger partial charge in [-0.1, -0.05) is 0 Å². The summed E-state index contributed by atoms with van der Waals surface area (Å²) in [4.78, 5) is 12.1. The van der Waals surface area contributed by atoms with E-state index in [-0.39, 0.29) is 11.4 Å². The summed E-state index contributed by atoms with van der Waals surface area (Å²) in [7, 11) is 0. The van der Waals surface area contributed by atoms with Crippen LogP contribution in [0.5, 0.6) is 6.01 Å². The van der Waals surface area contributed by atoms with Crippen LogP contribution < -0.4 is 10.1 Å². The van der Waals surface area contributed by atoms with Crippen LogP contribution in [0, 0.1) is 0 Å². The maximum absolute atomic E-state index is 5.79. The minimum Gasteiger partial charge on any atom is -0.460 e. The largest absolute Gasteiger partial charge is 0.460 e. The number of hydrogen-bond donors (Lipinski definition) is 1. The van der Waals surface area contributed by atoms with Crippen molar-refractivity contribution in [1.82, 2.24) is 15.0 Å². The maximum Gasteiger partial charge on any atom is 0.322 e. The van der Waals surface area contributed by atoms with E-state index in [1.165, 1.54) is 12.8 Å². The normalized spacial score (nSPS) is 16.4. The van der Waals surface area contributed by atoms with Crippen molar-refractivity contribution in [2.24, 2.45) is 0 Å². The molecule has 1 aliphatic rings. The molecule has 16 heavy (non-hydrogen) atoms. The molecular formula is C10H15ClN4O. The van der Waals surface area contributed by atoms with Gasteiger partial charge in [0.1, 0.15) is 6.10 Å². The van der Waals surface area contributed by atoms with E-state index in [4.69, 9.17) is 16.3 Å². The molecular weight excluding hydrogens is 228 g/mol. The third-order valence-electron chi connectivity index (χ3n) is 2.50. The van der Waals surface area contributed by atoms with Gasteiger partial charge in [0.05, 0.1) is 0 Å². The third-order valence-corrected chi connectivity index (χ3v) is 2.67. The Kier molecular flexibility index (Phi) is 3.77. The summed E-state index contributed by atoms with van der Waals surface area (Å²) in [5, 5.41) is 3.15. The Bertz CT molecular complexity index is 355. The monoisotopic (exact) mass is 242 g/mol. The van der Waals surface area contributed by atoms with E-state index in [1.54, 1.807) is 0 Å². The number of halogens is 1. The Morgan fingerprint density at radius 1 is 1.31 bits per heavy atom. The fraction of sp³-hybridized carbons (Fsp3) is 0.700. The molecule has 0 unspecified atom stereocenters. The van der Waals surface area contributed by atoms with Crippen molar-refractivity contribution in [1.29, 1.82) is 0 Å². The second-order valence-corrected chi connectivity index (χ2v) is 4.10. The number of hydrogen-bond acceptors (Lipinski definition) is 5. The molecule has 1 N–H and O–H groups in total. The van der Waals surface area contributed by atoms with Crippen molar-refractivity contribution in [2.75, 3.05) is 11.9 Å². The average Bonchev–Trinajstić information content (AvgIpc) is 2.70. The Morgan fingerprint density at radius 3 is 2.75 bits per heavy atom. The molecule has 1 aromatic heterocycles. The predicted octanol–water partition coefficient (Wildman–Crippen LogP) is 2.28. The first-order chi connectivity index (χ1) is 7.78. The van der Waals surface area contributed by atoms with E-state index in [2.05, 4.69) is 20.3 Å². The molecule has 1 saturated carbocycles. The fourth-order valence-electron chi connectivity index (χ4n) is 1.78. The van der Waals surface area contributed by atoms with E-state index in [9.17, 15) is 0 Å². The van der Waals surface area contributed by atoms with Crippen LogP contribution in [0.25, 0.3) is 0 Å². The smallest absolute Gasteiger partial charge is 0.322 e. The molecule has 0 radical (unpaired) electrons. The Labute approximate surface area is 99.6 Å². The summed E-state index contributed by atoms with van der Waals surface area (Å²) >= 11 is 5.79. The van der Waals surface area contributed by atoms with Gasteiger partial charge in [-0.2, -0.15) is 15.0 Å². The highest BCUT2D eigenvalue weighted by Crippen LogP contribution is 2.22. The molecule has 5 nitrogen and oxygen atoms in total. The molecule has 1 heterocycles. The van der Waals surface area contributed by atoms with Crippen molar-refractivity contribution in [3.05, 3.63) is 5.28 Å². The number of nitrogens with zero attached hydrogens (tertiary/aromatic N) is 3. The highest BCUT2D eigenvalue weighted by atomic mass is 35.5. The van der Waals surface area contributed by atoms with Crippen molar-refractivity contribution in [3.8, 4) is 6.01 Å². The van der Waals surface area contributed by atoms with Crippen LogP contribution in [-0.4, -0.2) is 27.6 Å². The zero-order valence-corrected chi connectivity index (χ0v) is 10.00. The minimum atomic E-state index is 0.166. The molecule has 1 fully saturated rings. The molecule has 0 bridgehead atoms. The van der Waals surface area contributed by atoms with Gasteiger partial charge < -0.3 is 10.1 Å². The Hall–Kier alpha value is -1.10.